The minimum atomic E-state index is -3.78. The molecule has 2 aromatic rings. The van der Waals surface area contributed by atoms with Crippen LogP contribution in [-0.2, 0) is 18.9 Å². The minimum absolute atomic E-state index is 0.00577. The molecule has 33 heavy (non-hydrogen) atoms. The molecule has 1 atom stereocenters. The Morgan fingerprint density at radius 2 is 1.88 bits per heavy atom. The Balaban J connectivity index is 1.85. The van der Waals surface area contributed by atoms with Crippen LogP contribution in [0.4, 0.5) is 11.5 Å². The van der Waals surface area contributed by atoms with Crippen LogP contribution in [0.3, 0.4) is 0 Å². The van der Waals surface area contributed by atoms with E-state index >= 15 is 0 Å². The van der Waals surface area contributed by atoms with Crippen LogP contribution in [0.5, 0.6) is 0 Å². The SMILES string of the molecule is C[Si]OC(O[Si]C)C(C)(C)[C@@H]1CCN(S(=O)(=O)c2ccccc2Nc2nc(Cl)ncc2Cl)C1. The second kappa shape index (κ2) is 11.1. The summed E-state index contributed by atoms with van der Waals surface area (Å²) in [5.74, 6) is 0.317. The molecule has 0 unspecified atom stereocenters. The third-order valence-electron chi connectivity index (χ3n) is 5.73. The summed E-state index contributed by atoms with van der Waals surface area (Å²) in [6.07, 6.45) is 1.70. The summed E-state index contributed by atoms with van der Waals surface area (Å²) in [4.78, 5) is 8.03. The number of benzene rings is 1. The molecule has 1 fully saturated rings. The molecule has 1 aromatic heterocycles. The highest BCUT2D eigenvalue weighted by Crippen LogP contribution is 2.41. The largest absolute Gasteiger partial charge is 0.394 e. The second-order valence-corrected chi connectivity index (χ2v) is 12.0. The van der Waals surface area contributed by atoms with Crippen molar-refractivity contribution < 1.29 is 17.3 Å². The molecule has 1 aromatic carbocycles. The lowest BCUT2D eigenvalue weighted by Gasteiger charge is -2.38. The van der Waals surface area contributed by atoms with Gasteiger partial charge in [0.2, 0.25) is 34.8 Å². The number of anilines is 2. The van der Waals surface area contributed by atoms with Crippen molar-refractivity contribution in [3.63, 3.8) is 0 Å². The highest BCUT2D eigenvalue weighted by atomic mass is 35.5. The van der Waals surface area contributed by atoms with Gasteiger partial charge in [-0.2, -0.15) is 9.29 Å². The summed E-state index contributed by atoms with van der Waals surface area (Å²) in [6.45, 7) is 8.87. The molecular weight excluding hydrogens is 519 g/mol. The van der Waals surface area contributed by atoms with Crippen molar-refractivity contribution >= 4 is 64.3 Å². The molecule has 1 aliphatic rings. The lowest BCUT2D eigenvalue weighted by molar-refractivity contribution is -0.102. The quantitative estimate of drug-likeness (QED) is 0.271. The summed E-state index contributed by atoms with van der Waals surface area (Å²) in [5, 5.41) is 3.23. The summed E-state index contributed by atoms with van der Waals surface area (Å²) in [5.41, 5.74) is 0.0139. The zero-order valence-electron chi connectivity index (χ0n) is 18.8. The standard InChI is InChI=1S/C20H26Cl2N4O4SSi2/c1-20(2,18(29-32-3)30-33-4)13-9-10-26(12-13)31(27,28)16-8-6-5-7-15(16)24-17-14(21)11-23-19(22)25-17/h5-8,11,13,18H,9-10,12H2,1-4H3,(H,23,24,25)/t13-/m1/s1. The third-order valence-corrected chi connectivity index (χ3v) is 9.01. The first-order chi connectivity index (χ1) is 15.6. The van der Waals surface area contributed by atoms with Crippen molar-refractivity contribution in [3.8, 4) is 0 Å². The van der Waals surface area contributed by atoms with Gasteiger partial charge in [-0.3, -0.25) is 0 Å². The summed E-state index contributed by atoms with van der Waals surface area (Å²) in [7, 11) is -3.20. The number of para-hydroxylation sites is 1. The number of hydrogen-bond donors (Lipinski definition) is 1. The van der Waals surface area contributed by atoms with Gasteiger partial charge in [0.15, 0.2) is 5.82 Å². The van der Waals surface area contributed by atoms with E-state index in [1.165, 1.54) is 10.5 Å². The Morgan fingerprint density at radius 3 is 2.55 bits per heavy atom. The van der Waals surface area contributed by atoms with E-state index in [-0.39, 0.29) is 58.2 Å². The van der Waals surface area contributed by atoms with Gasteiger partial charge in [0.25, 0.3) is 0 Å². The number of nitrogens with one attached hydrogen (secondary N) is 1. The molecule has 178 valence electrons. The molecule has 0 amide bonds. The first-order valence-corrected chi connectivity index (χ1v) is 15.3. The van der Waals surface area contributed by atoms with Crippen LogP contribution >= 0.6 is 23.2 Å². The van der Waals surface area contributed by atoms with Gasteiger partial charge in [0.05, 0.1) is 11.9 Å². The van der Waals surface area contributed by atoms with Gasteiger partial charge in [0, 0.05) is 18.5 Å². The van der Waals surface area contributed by atoms with Crippen molar-refractivity contribution in [2.45, 2.75) is 44.5 Å². The minimum Gasteiger partial charge on any atom is -0.394 e. The number of halogens is 2. The molecular formula is C20H26Cl2N4O4SSi2. The fourth-order valence-electron chi connectivity index (χ4n) is 3.78. The molecule has 1 aliphatic heterocycles. The van der Waals surface area contributed by atoms with Gasteiger partial charge in [-0.05, 0) is 49.2 Å². The molecule has 4 radical (unpaired) electrons. The Kier molecular flexibility index (Phi) is 8.95. The molecule has 0 bridgehead atoms. The second-order valence-electron chi connectivity index (χ2n) is 8.10. The van der Waals surface area contributed by atoms with Crippen molar-refractivity contribution in [2.24, 2.45) is 11.3 Å². The molecule has 0 saturated carbocycles. The van der Waals surface area contributed by atoms with Gasteiger partial charge in [-0.25, -0.2) is 13.4 Å². The van der Waals surface area contributed by atoms with E-state index in [9.17, 15) is 8.42 Å². The predicted molar refractivity (Wildman–Crippen MR) is 132 cm³/mol. The molecule has 0 spiro atoms. The van der Waals surface area contributed by atoms with Gasteiger partial charge >= 0.3 is 0 Å². The number of rotatable bonds is 10. The van der Waals surface area contributed by atoms with Gasteiger partial charge < -0.3 is 14.2 Å². The van der Waals surface area contributed by atoms with Gasteiger partial charge in [0.1, 0.15) is 16.2 Å². The molecule has 1 saturated heterocycles. The van der Waals surface area contributed by atoms with Crippen molar-refractivity contribution in [1.82, 2.24) is 14.3 Å². The average Bonchev–Trinajstić information content (AvgIpc) is 3.29. The van der Waals surface area contributed by atoms with E-state index in [2.05, 4.69) is 29.1 Å². The Labute approximate surface area is 210 Å². The lowest BCUT2D eigenvalue weighted by Crippen LogP contribution is -2.43. The molecule has 0 aliphatic carbocycles. The maximum atomic E-state index is 13.6. The zero-order chi connectivity index (χ0) is 24.2. The summed E-state index contributed by atoms with van der Waals surface area (Å²) < 4.78 is 40.5. The van der Waals surface area contributed by atoms with Crippen molar-refractivity contribution in [3.05, 3.63) is 40.8 Å². The fourth-order valence-corrected chi connectivity index (χ4v) is 6.93. The predicted octanol–water partition coefficient (Wildman–Crippen LogP) is 4.26. The van der Waals surface area contributed by atoms with E-state index in [4.69, 9.17) is 32.1 Å². The van der Waals surface area contributed by atoms with E-state index in [1.54, 1.807) is 24.3 Å². The van der Waals surface area contributed by atoms with Crippen LogP contribution in [-0.4, -0.2) is 61.6 Å². The van der Waals surface area contributed by atoms with Crippen LogP contribution in [0.1, 0.15) is 20.3 Å². The summed E-state index contributed by atoms with van der Waals surface area (Å²) >= 11 is 12.0. The van der Waals surface area contributed by atoms with Gasteiger partial charge in [-0.15, -0.1) is 0 Å². The van der Waals surface area contributed by atoms with Crippen LogP contribution in [0.2, 0.25) is 23.4 Å². The molecule has 3 rings (SSSR count). The number of nitrogens with zero attached hydrogens (tertiary/aromatic N) is 3. The van der Waals surface area contributed by atoms with Crippen molar-refractivity contribution in [1.29, 1.82) is 0 Å². The third kappa shape index (κ3) is 5.96. The number of hydrogen-bond acceptors (Lipinski definition) is 7. The number of sulfonamides is 1. The maximum Gasteiger partial charge on any atom is 0.245 e. The lowest BCUT2D eigenvalue weighted by atomic mass is 9.78. The Hall–Kier alpha value is -1.06. The van der Waals surface area contributed by atoms with Crippen molar-refractivity contribution in [2.75, 3.05) is 18.4 Å². The highest BCUT2D eigenvalue weighted by Gasteiger charge is 2.44. The molecule has 13 heteroatoms. The van der Waals surface area contributed by atoms with Crippen LogP contribution in [0, 0.1) is 11.3 Å². The van der Waals surface area contributed by atoms with Crippen LogP contribution in [0.15, 0.2) is 35.4 Å². The van der Waals surface area contributed by atoms with E-state index in [0.29, 0.717) is 18.8 Å². The van der Waals surface area contributed by atoms with E-state index in [0.717, 1.165) is 6.42 Å². The smallest absolute Gasteiger partial charge is 0.245 e. The van der Waals surface area contributed by atoms with E-state index in [1.807, 2.05) is 13.1 Å². The highest BCUT2D eigenvalue weighted by molar-refractivity contribution is 7.89. The first kappa shape index (κ1) is 26.5. The van der Waals surface area contributed by atoms with Crippen LogP contribution < -0.4 is 5.32 Å². The number of aromatic nitrogens is 2. The molecule has 2 heterocycles. The fraction of sp³-hybridized carbons (Fsp3) is 0.500. The summed E-state index contributed by atoms with van der Waals surface area (Å²) in [6, 6.07) is 6.66. The average molecular weight is 546 g/mol. The Bertz CT molecular complexity index is 1070. The van der Waals surface area contributed by atoms with Gasteiger partial charge in [-0.1, -0.05) is 37.6 Å². The molecule has 1 N–H and O–H groups in total. The van der Waals surface area contributed by atoms with Crippen LogP contribution in [0.25, 0.3) is 0 Å². The first-order valence-electron chi connectivity index (χ1n) is 10.3. The topological polar surface area (TPSA) is 93.7 Å². The Morgan fingerprint density at radius 1 is 1.21 bits per heavy atom. The molecule has 8 nitrogen and oxygen atoms in total. The van der Waals surface area contributed by atoms with E-state index < -0.39 is 10.0 Å². The monoisotopic (exact) mass is 544 g/mol. The zero-order valence-corrected chi connectivity index (χ0v) is 23.1. The normalized spacial score (nSPS) is 17.6. The maximum absolute atomic E-state index is 13.6.